The van der Waals surface area contributed by atoms with Gasteiger partial charge in [-0.1, -0.05) is 67.6 Å². The van der Waals surface area contributed by atoms with Crippen molar-refractivity contribution in [3.8, 4) is 16.4 Å². The van der Waals surface area contributed by atoms with Gasteiger partial charge in [-0.15, -0.1) is 11.3 Å². The highest BCUT2D eigenvalue weighted by atomic mass is 32.1. The summed E-state index contributed by atoms with van der Waals surface area (Å²) in [5.41, 5.74) is 3.78. The number of aromatic nitrogens is 3. The molecule has 1 N–H and O–H groups in total. The Morgan fingerprint density at radius 3 is 2.48 bits per heavy atom. The van der Waals surface area contributed by atoms with Crippen molar-refractivity contribution in [1.82, 2.24) is 14.8 Å². The van der Waals surface area contributed by atoms with Crippen LogP contribution in [0.25, 0.3) is 16.4 Å². The maximum Gasteiger partial charge on any atom is 0.233 e. The topological polar surface area (TPSA) is 59.8 Å². The Bertz CT molecular complexity index is 1100. The molecule has 0 aliphatic heterocycles. The van der Waals surface area contributed by atoms with Gasteiger partial charge in [0, 0.05) is 17.0 Å². The molecular weight excluding hydrogens is 380 g/mol. The number of nitrogens with zero attached hydrogens (tertiary/aromatic N) is 3. The van der Waals surface area contributed by atoms with Crippen LogP contribution < -0.4 is 5.32 Å². The molecule has 0 spiro atoms. The van der Waals surface area contributed by atoms with Crippen molar-refractivity contribution in [2.24, 2.45) is 0 Å². The Balaban J connectivity index is 1.61. The number of carbonyl (C=O) groups excluding carboxylic acids is 1. The van der Waals surface area contributed by atoms with Gasteiger partial charge in [-0.25, -0.2) is 4.98 Å². The van der Waals surface area contributed by atoms with E-state index in [1.165, 1.54) is 11.3 Å². The number of aryl methyl sites for hydroxylation is 1. The average Bonchev–Trinajstić information content (AvgIpc) is 3.37. The summed E-state index contributed by atoms with van der Waals surface area (Å²) < 4.78 is 1.71. The molecule has 0 bridgehead atoms. The lowest BCUT2D eigenvalue weighted by molar-refractivity contribution is -0.117. The van der Waals surface area contributed by atoms with E-state index in [4.69, 9.17) is 4.98 Å². The minimum absolute atomic E-state index is 0.0420. The van der Waals surface area contributed by atoms with E-state index in [9.17, 15) is 4.79 Å². The fraction of sp³-hybridized carbons (Fsp3) is 0.174. The van der Waals surface area contributed by atoms with Gasteiger partial charge in [0.1, 0.15) is 5.82 Å². The molecule has 4 aromatic rings. The average molecular weight is 403 g/mol. The van der Waals surface area contributed by atoms with E-state index in [2.05, 4.69) is 10.4 Å². The predicted octanol–water partition coefficient (Wildman–Crippen LogP) is 5.44. The van der Waals surface area contributed by atoms with E-state index in [1.807, 2.05) is 86.0 Å². The van der Waals surface area contributed by atoms with Crippen LogP contribution in [0.2, 0.25) is 0 Å². The summed E-state index contributed by atoms with van der Waals surface area (Å²) in [5, 5.41) is 10.3. The summed E-state index contributed by atoms with van der Waals surface area (Å²) in [7, 11) is 0. The van der Waals surface area contributed by atoms with Crippen LogP contribution in [0.4, 0.5) is 5.82 Å². The first-order chi connectivity index (χ1) is 14.2. The summed E-state index contributed by atoms with van der Waals surface area (Å²) in [4.78, 5) is 17.7. The fourth-order valence-electron chi connectivity index (χ4n) is 3.31. The third kappa shape index (κ3) is 4.12. The minimum Gasteiger partial charge on any atom is -0.310 e. The first kappa shape index (κ1) is 19.1. The first-order valence-corrected chi connectivity index (χ1v) is 10.5. The lowest BCUT2D eigenvalue weighted by atomic mass is 9.96. The molecule has 1 atom stereocenters. The summed E-state index contributed by atoms with van der Waals surface area (Å²) in [6, 6.07) is 21.8. The molecule has 4 rings (SSSR count). The zero-order chi connectivity index (χ0) is 20.2. The van der Waals surface area contributed by atoms with Crippen LogP contribution >= 0.6 is 11.3 Å². The van der Waals surface area contributed by atoms with Crippen molar-refractivity contribution in [3.05, 3.63) is 83.4 Å². The molecule has 0 radical (unpaired) electrons. The van der Waals surface area contributed by atoms with Gasteiger partial charge in [-0.05, 0) is 18.9 Å². The number of hydrogen-bond donors (Lipinski definition) is 1. The van der Waals surface area contributed by atoms with Crippen molar-refractivity contribution >= 4 is 23.1 Å². The summed E-state index contributed by atoms with van der Waals surface area (Å²) in [6.07, 6.45) is 0.721. The lowest BCUT2D eigenvalue weighted by Crippen LogP contribution is -2.22. The summed E-state index contributed by atoms with van der Waals surface area (Å²) in [5.74, 6) is 0.381. The molecule has 146 valence electrons. The zero-order valence-corrected chi connectivity index (χ0v) is 17.2. The van der Waals surface area contributed by atoms with E-state index < -0.39 is 0 Å². The van der Waals surface area contributed by atoms with Gasteiger partial charge < -0.3 is 5.32 Å². The highest BCUT2D eigenvalue weighted by Gasteiger charge is 2.21. The molecule has 1 amide bonds. The number of carbonyl (C=O) groups is 1. The molecular formula is C23H22N4OS. The van der Waals surface area contributed by atoms with Gasteiger partial charge in [0.25, 0.3) is 0 Å². The van der Waals surface area contributed by atoms with Crippen molar-refractivity contribution in [2.45, 2.75) is 26.2 Å². The molecule has 2 heterocycles. The Kier molecular flexibility index (Phi) is 5.53. The quantitative estimate of drug-likeness (QED) is 0.467. The second-order valence-electron chi connectivity index (χ2n) is 6.82. The molecule has 2 aromatic carbocycles. The third-order valence-corrected chi connectivity index (χ3v) is 5.57. The van der Waals surface area contributed by atoms with Crippen molar-refractivity contribution < 1.29 is 4.79 Å². The summed E-state index contributed by atoms with van der Waals surface area (Å²) >= 11 is 1.50. The van der Waals surface area contributed by atoms with Crippen LogP contribution in [-0.4, -0.2) is 20.7 Å². The third-order valence-electron chi connectivity index (χ3n) is 4.75. The van der Waals surface area contributed by atoms with E-state index in [-0.39, 0.29) is 11.8 Å². The first-order valence-electron chi connectivity index (χ1n) is 9.59. The van der Waals surface area contributed by atoms with Gasteiger partial charge in [-0.3, -0.25) is 4.79 Å². The molecule has 0 aliphatic carbocycles. The van der Waals surface area contributed by atoms with Crippen LogP contribution in [0.15, 0.2) is 72.1 Å². The van der Waals surface area contributed by atoms with Crippen LogP contribution in [0.1, 0.15) is 30.5 Å². The monoisotopic (exact) mass is 402 g/mol. The highest BCUT2D eigenvalue weighted by Crippen LogP contribution is 2.27. The maximum atomic E-state index is 13.0. The minimum atomic E-state index is -0.212. The molecule has 6 heteroatoms. The predicted molar refractivity (Wildman–Crippen MR) is 118 cm³/mol. The fourth-order valence-corrected chi connectivity index (χ4v) is 4.10. The number of thiazole rings is 1. The highest BCUT2D eigenvalue weighted by molar-refractivity contribution is 7.12. The Morgan fingerprint density at radius 1 is 1.10 bits per heavy atom. The number of anilines is 1. The molecule has 5 nitrogen and oxygen atoms in total. The van der Waals surface area contributed by atoms with Crippen LogP contribution in [0.5, 0.6) is 0 Å². The molecule has 2 aromatic heterocycles. The normalized spacial score (nSPS) is 11.9. The van der Waals surface area contributed by atoms with Gasteiger partial charge >= 0.3 is 0 Å². The smallest absolute Gasteiger partial charge is 0.233 e. The summed E-state index contributed by atoms with van der Waals surface area (Å²) in [6.45, 7) is 3.93. The second kappa shape index (κ2) is 8.41. The van der Waals surface area contributed by atoms with E-state index in [0.717, 1.165) is 34.1 Å². The Morgan fingerprint density at radius 2 is 1.79 bits per heavy atom. The van der Waals surface area contributed by atoms with E-state index >= 15 is 0 Å². The second-order valence-corrected chi connectivity index (χ2v) is 7.66. The number of benzene rings is 2. The van der Waals surface area contributed by atoms with Gasteiger partial charge in [-0.2, -0.15) is 9.78 Å². The van der Waals surface area contributed by atoms with Gasteiger partial charge in [0.15, 0.2) is 0 Å². The Labute approximate surface area is 174 Å². The SMILES string of the molecule is CCC(C(=O)Nc1cc(C)nn1-c1nc(-c2ccccc2)cs1)c1ccccc1. The van der Waals surface area contributed by atoms with Gasteiger partial charge in [0.2, 0.25) is 11.0 Å². The largest absolute Gasteiger partial charge is 0.310 e. The van der Waals surface area contributed by atoms with Gasteiger partial charge in [0.05, 0.1) is 17.3 Å². The standard InChI is InChI=1S/C23H22N4OS/c1-3-19(17-10-6-4-7-11-17)22(28)25-21-14-16(2)26-27(21)23-24-20(15-29-23)18-12-8-5-9-13-18/h4-15,19H,3H2,1-2H3,(H,25,28). The zero-order valence-electron chi connectivity index (χ0n) is 16.4. The molecule has 0 saturated heterocycles. The molecule has 1 unspecified atom stereocenters. The number of rotatable bonds is 6. The van der Waals surface area contributed by atoms with Crippen molar-refractivity contribution in [3.63, 3.8) is 0 Å². The molecule has 29 heavy (non-hydrogen) atoms. The number of amides is 1. The van der Waals surface area contributed by atoms with Crippen LogP contribution in [-0.2, 0) is 4.79 Å². The molecule has 0 aliphatic rings. The van der Waals surface area contributed by atoms with E-state index in [1.54, 1.807) is 4.68 Å². The van der Waals surface area contributed by atoms with Crippen LogP contribution in [0, 0.1) is 6.92 Å². The molecule has 0 saturated carbocycles. The maximum absolute atomic E-state index is 13.0. The Hall–Kier alpha value is -3.25. The van der Waals surface area contributed by atoms with Crippen molar-refractivity contribution in [2.75, 3.05) is 5.32 Å². The van der Waals surface area contributed by atoms with E-state index in [0.29, 0.717) is 5.82 Å². The van der Waals surface area contributed by atoms with Crippen molar-refractivity contribution in [1.29, 1.82) is 0 Å². The number of nitrogens with one attached hydrogen (secondary N) is 1. The molecule has 0 fully saturated rings. The van der Waals surface area contributed by atoms with Crippen LogP contribution in [0.3, 0.4) is 0 Å². The lowest BCUT2D eigenvalue weighted by Gasteiger charge is -2.15. The number of hydrogen-bond acceptors (Lipinski definition) is 4.